The molecule has 0 bridgehead atoms. The summed E-state index contributed by atoms with van der Waals surface area (Å²) in [6, 6.07) is 6.19. The monoisotopic (exact) mass is 492 g/mol. The number of sulfone groups is 1. The van der Waals surface area contributed by atoms with Crippen molar-refractivity contribution in [2.45, 2.75) is 61.6 Å². The molecule has 33 heavy (non-hydrogen) atoms. The van der Waals surface area contributed by atoms with Gasteiger partial charge < -0.3 is 10.0 Å². The second-order valence-electron chi connectivity index (χ2n) is 8.82. The van der Waals surface area contributed by atoms with E-state index in [1.807, 2.05) is 0 Å². The van der Waals surface area contributed by atoms with Gasteiger partial charge in [-0.25, -0.2) is 22.2 Å². The van der Waals surface area contributed by atoms with Crippen LogP contribution in [0.2, 0.25) is 0 Å². The predicted molar refractivity (Wildman–Crippen MR) is 113 cm³/mol. The molecule has 2 aromatic rings. The van der Waals surface area contributed by atoms with E-state index >= 15 is 0 Å². The number of aliphatic hydroxyl groups is 1. The van der Waals surface area contributed by atoms with Crippen LogP contribution in [0.25, 0.3) is 0 Å². The highest BCUT2D eigenvalue weighted by Gasteiger charge is 2.46. The number of hydrogen-bond acceptors (Lipinski definition) is 5. The zero-order valence-corrected chi connectivity index (χ0v) is 19.1. The van der Waals surface area contributed by atoms with E-state index in [9.17, 15) is 35.5 Å². The van der Waals surface area contributed by atoms with Gasteiger partial charge in [-0.05, 0) is 62.9 Å². The molecule has 1 fully saturated rings. The quantitative estimate of drug-likeness (QED) is 0.595. The molecule has 2 atom stereocenters. The van der Waals surface area contributed by atoms with E-state index in [-0.39, 0.29) is 24.3 Å². The summed E-state index contributed by atoms with van der Waals surface area (Å²) in [7, 11) is -4.18. The van der Waals surface area contributed by atoms with Crippen molar-refractivity contribution in [3.05, 3.63) is 53.7 Å². The molecule has 1 N–H and O–H groups in total. The summed E-state index contributed by atoms with van der Waals surface area (Å²) in [4.78, 5) is 5.05. The summed E-state index contributed by atoms with van der Waals surface area (Å²) >= 11 is 0. The number of alkyl halides is 5. The zero-order valence-electron chi connectivity index (χ0n) is 18.3. The number of piperidine rings is 1. The normalized spacial score (nSPS) is 20.7. The van der Waals surface area contributed by atoms with E-state index in [1.165, 1.54) is 30.9 Å². The largest absolute Gasteiger partial charge is 0.416 e. The third-order valence-corrected chi connectivity index (χ3v) is 8.86. The minimum atomic E-state index is -4.68. The lowest BCUT2D eigenvalue weighted by atomic mass is 9.85. The first-order valence-corrected chi connectivity index (χ1v) is 11.7. The molecule has 11 heteroatoms. The average molecular weight is 493 g/mol. The first kappa shape index (κ1) is 25.4. The Morgan fingerprint density at radius 3 is 2.21 bits per heavy atom. The summed E-state index contributed by atoms with van der Waals surface area (Å²) in [5.41, 5.74) is -1.33. The maximum absolute atomic E-state index is 13.4. The van der Waals surface area contributed by atoms with E-state index in [1.54, 1.807) is 0 Å². The van der Waals surface area contributed by atoms with Crippen LogP contribution in [0, 0.1) is 5.92 Å². The molecule has 1 aliphatic rings. The van der Waals surface area contributed by atoms with Gasteiger partial charge in [-0.15, -0.1) is 0 Å². The molecule has 1 aromatic carbocycles. The molecular weight excluding hydrogens is 467 g/mol. The van der Waals surface area contributed by atoms with Crippen LogP contribution < -0.4 is 4.90 Å². The smallest absolute Gasteiger partial charge is 0.374 e. The van der Waals surface area contributed by atoms with Gasteiger partial charge in [-0.3, -0.25) is 0 Å². The average Bonchev–Trinajstić information content (AvgIpc) is 2.72. The van der Waals surface area contributed by atoms with Gasteiger partial charge in [0, 0.05) is 25.2 Å². The van der Waals surface area contributed by atoms with Crippen LogP contribution in [0.4, 0.5) is 27.8 Å². The zero-order chi connectivity index (χ0) is 24.8. The standard InChI is InChI=1S/C22H25F5N2O3S/c1-20(2,33(31,32)17-6-4-5-15(11-17)22(25,26)27)14-9-10-29(19(30)12-14)18-8-7-16(13-28-18)21(3,23)24/h4-8,11,13-14,19,30H,9-10,12H2,1-3H3. The van der Waals surface area contributed by atoms with Crippen molar-refractivity contribution in [2.75, 3.05) is 11.4 Å². The number of hydrogen-bond donors (Lipinski definition) is 1. The van der Waals surface area contributed by atoms with Crippen LogP contribution in [0.15, 0.2) is 47.5 Å². The SMILES string of the molecule is CC(F)(F)c1ccc(N2CCC(C(C)(C)S(=O)(=O)c3cccc(C(F)(F)F)c3)CC2O)nc1. The van der Waals surface area contributed by atoms with Crippen molar-refractivity contribution in [3.63, 3.8) is 0 Å². The molecule has 5 nitrogen and oxygen atoms in total. The Morgan fingerprint density at radius 2 is 1.70 bits per heavy atom. The fourth-order valence-electron chi connectivity index (χ4n) is 4.02. The predicted octanol–water partition coefficient (Wildman–Crippen LogP) is 5.00. The lowest BCUT2D eigenvalue weighted by Crippen LogP contribution is -2.50. The van der Waals surface area contributed by atoms with Crippen molar-refractivity contribution in [1.82, 2.24) is 4.98 Å². The Bertz CT molecular complexity index is 1100. The number of pyridine rings is 1. The molecular formula is C22H25F5N2O3S. The van der Waals surface area contributed by atoms with Gasteiger partial charge in [-0.1, -0.05) is 6.07 Å². The summed E-state index contributed by atoms with van der Waals surface area (Å²) in [6.45, 7) is 3.82. The van der Waals surface area contributed by atoms with Gasteiger partial charge in [0.2, 0.25) is 0 Å². The van der Waals surface area contributed by atoms with Crippen LogP contribution in [-0.4, -0.2) is 36.0 Å². The van der Waals surface area contributed by atoms with Crippen molar-refractivity contribution in [1.29, 1.82) is 0 Å². The summed E-state index contributed by atoms with van der Waals surface area (Å²) in [6.07, 6.45) is -4.48. The molecule has 3 rings (SSSR count). The van der Waals surface area contributed by atoms with Gasteiger partial charge in [0.1, 0.15) is 12.0 Å². The molecule has 0 saturated carbocycles. The molecule has 1 saturated heterocycles. The van der Waals surface area contributed by atoms with Gasteiger partial charge in [-0.2, -0.15) is 13.2 Å². The number of nitrogens with zero attached hydrogens (tertiary/aromatic N) is 2. The fourth-order valence-corrected chi connectivity index (χ4v) is 5.82. The van der Waals surface area contributed by atoms with Crippen molar-refractivity contribution < 1.29 is 35.5 Å². The number of aromatic nitrogens is 1. The van der Waals surface area contributed by atoms with Crippen LogP contribution in [0.5, 0.6) is 0 Å². The van der Waals surface area contributed by atoms with Gasteiger partial charge in [0.15, 0.2) is 9.84 Å². The van der Waals surface area contributed by atoms with Crippen molar-refractivity contribution in [2.24, 2.45) is 5.92 Å². The third kappa shape index (κ3) is 4.98. The van der Waals surface area contributed by atoms with Gasteiger partial charge >= 0.3 is 6.18 Å². The summed E-state index contributed by atoms with van der Waals surface area (Å²) in [5.74, 6) is -3.35. The van der Waals surface area contributed by atoms with E-state index in [2.05, 4.69) is 4.98 Å². The van der Waals surface area contributed by atoms with Crippen molar-refractivity contribution in [3.8, 4) is 0 Å². The van der Waals surface area contributed by atoms with Crippen LogP contribution in [-0.2, 0) is 21.9 Å². The van der Waals surface area contributed by atoms with Crippen LogP contribution in [0.3, 0.4) is 0 Å². The Labute approximate surface area is 189 Å². The Hall–Kier alpha value is -2.27. The Balaban J connectivity index is 1.81. The van der Waals surface area contributed by atoms with Crippen LogP contribution >= 0.6 is 0 Å². The highest BCUT2D eigenvalue weighted by molar-refractivity contribution is 7.92. The maximum atomic E-state index is 13.4. The fraction of sp³-hybridized carbons (Fsp3) is 0.500. The maximum Gasteiger partial charge on any atom is 0.416 e. The molecule has 0 spiro atoms. The van der Waals surface area contributed by atoms with E-state index in [0.29, 0.717) is 12.5 Å². The minimum Gasteiger partial charge on any atom is -0.374 e. The molecule has 1 aromatic heterocycles. The number of rotatable bonds is 5. The number of halogens is 5. The molecule has 0 aliphatic carbocycles. The second-order valence-corrected chi connectivity index (χ2v) is 11.4. The first-order chi connectivity index (χ1) is 15.0. The number of benzene rings is 1. The van der Waals surface area contributed by atoms with E-state index in [0.717, 1.165) is 31.3 Å². The number of anilines is 1. The first-order valence-electron chi connectivity index (χ1n) is 10.3. The number of aliphatic hydroxyl groups excluding tert-OH is 1. The van der Waals surface area contributed by atoms with Crippen molar-refractivity contribution >= 4 is 15.7 Å². The third-order valence-electron chi connectivity index (χ3n) is 6.27. The highest BCUT2D eigenvalue weighted by Crippen LogP contribution is 2.41. The molecule has 0 radical (unpaired) electrons. The molecule has 182 valence electrons. The second kappa shape index (κ2) is 8.50. The Morgan fingerprint density at radius 1 is 1.03 bits per heavy atom. The lowest BCUT2D eigenvalue weighted by Gasteiger charge is -2.43. The lowest BCUT2D eigenvalue weighted by molar-refractivity contribution is -0.137. The summed E-state index contributed by atoms with van der Waals surface area (Å²) in [5, 5.41) is 10.7. The molecule has 2 heterocycles. The van der Waals surface area contributed by atoms with E-state index in [4.69, 9.17) is 0 Å². The molecule has 2 unspecified atom stereocenters. The summed E-state index contributed by atoms with van der Waals surface area (Å²) < 4.78 is 91.1. The highest BCUT2D eigenvalue weighted by atomic mass is 32.2. The minimum absolute atomic E-state index is 0.0125. The topological polar surface area (TPSA) is 70.5 Å². The molecule has 1 aliphatic heterocycles. The van der Waals surface area contributed by atoms with Gasteiger partial charge in [0.05, 0.1) is 15.2 Å². The van der Waals surface area contributed by atoms with Gasteiger partial charge in [0.25, 0.3) is 5.92 Å². The van der Waals surface area contributed by atoms with E-state index < -0.39 is 49.3 Å². The molecule has 0 amide bonds. The van der Waals surface area contributed by atoms with Crippen LogP contribution in [0.1, 0.15) is 44.7 Å². The Kier molecular flexibility index (Phi) is 6.53.